The standard InChI is InChI=1S/C17H20N2O4/c1-11-15(21)4-3-14-13(9-16(22)23-17(11)14)10-18-5-7-19(8-6-18)12(2)20/h3-4,9,21H,5-8,10H2,1-2H3. The molecule has 23 heavy (non-hydrogen) atoms. The van der Waals surface area contributed by atoms with Gasteiger partial charge in [0.15, 0.2) is 0 Å². The van der Waals surface area contributed by atoms with Crippen LogP contribution in [0.25, 0.3) is 11.0 Å². The van der Waals surface area contributed by atoms with Gasteiger partial charge in [0.05, 0.1) is 0 Å². The van der Waals surface area contributed by atoms with Crippen molar-refractivity contribution in [2.24, 2.45) is 0 Å². The van der Waals surface area contributed by atoms with Crippen LogP contribution in [0, 0.1) is 6.92 Å². The Balaban J connectivity index is 1.88. The van der Waals surface area contributed by atoms with E-state index in [2.05, 4.69) is 4.90 Å². The van der Waals surface area contributed by atoms with E-state index in [0.717, 1.165) is 24.0 Å². The van der Waals surface area contributed by atoms with Crippen molar-refractivity contribution in [1.82, 2.24) is 9.80 Å². The summed E-state index contributed by atoms with van der Waals surface area (Å²) >= 11 is 0. The van der Waals surface area contributed by atoms with Crippen LogP contribution >= 0.6 is 0 Å². The predicted molar refractivity (Wildman–Crippen MR) is 86.4 cm³/mol. The number of benzene rings is 1. The topological polar surface area (TPSA) is 74.0 Å². The fraction of sp³-hybridized carbons (Fsp3) is 0.412. The third-order valence-corrected chi connectivity index (χ3v) is 4.43. The van der Waals surface area contributed by atoms with Crippen LogP contribution in [0.2, 0.25) is 0 Å². The van der Waals surface area contributed by atoms with Crippen LogP contribution in [0.4, 0.5) is 0 Å². The Morgan fingerprint density at radius 2 is 1.96 bits per heavy atom. The number of rotatable bonds is 2. The number of fused-ring (bicyclic) bond motifs is 1. The van der Waals surface area contributed by atoms with E-state index in [4.69, 9.17) is 4.42 Å². The average molecular weight is 316 g/mol. The molecule has 6 heteroatoms. The van der Waals surface area contributed by atoms with Gasteiger partial charge in [-0.3, -0.25) is 9.69 Å². The van der Waals surface area contributed by atoms with Crippen LogP contribution < -0.4 is 5.63 Å². The number of phenolic OH excluding ortho intramolecular Hbond substituents is 1. The molecular weight excluding hydrogens is 296 g/mol. The largest absolute Gasteiger partial charge is 0.508 e. The lowest BCUT2D eigenvalue weighted by molar-refractivity contribution is -0.130. The Morgan fingerprint density at radius 3 is 2.61 bits per heavy atom. The molecule has 0 aliphatic carbocycles. The second-order valence-electron chi connectivity index (χ2n) is 5.96. The maximum Gasteiger partial charge on any atom is 0.336 e. The first-order chi connectivity index (χ1) is 11.0. The number of piperazine rings is 1. The van der Waals surface area contributed by atoms with Crippen molar-refractivity contribution >= 4 is 16.9 Å². The van der Waals surface area contributed by atoms with Gasteiger partial charge in [0, 0.05) is 56.7 Å². The van der Waals surface area contributed by atoms with Gasteiger partial charge in [0.1, 0.15) is 11.3 Å². The molecule has 1 amide bonds. The van der Waals surface area contributed by atoms with Crippen LogP contribution in [-0.4, -0.2) is 47.0 Å². The van der Waals surface area contributed by atoms with E-state index in [-0.39, 0.29) is 11.7 Å². The van der Waals surface area contributed by atoms with Crippen molar-refractivity contribution in [2.45, 2.75) is 20.4 Å². The van der Waals surface area contributed by atoms with E-state index in [1.165, 1.54) is 6.07 Å². The molecule has 0 saturated carbocycles. The minimum Gasteiger partial charge on any atom is -0.508 e. The van der Waals surface area contributed by atoms with E-state index in [1.54, 1.807) is 26.0 Å². The number of aryl methyl sites for hydroxylation is 1. The van der Waals surface area contributed by atoms with Crippen molar-refractivity contribution in [3.8, 4) is 5.75 Å². The zero-order valence-electron chi connectivity index (χ0n) is 13.3. The first-order valence-corrected chi connectivity index (χ1v) is 7.69. The van der Waals surface area contributed by atoms with E-state index in [9.17, 15) is 14.7 Å². The van der Waals surface area contributed by atoms with Gasteiger partial charge >= 0.3 is 5.63 Å². The molecule has 1 fully saturated rings. The van der Waals surface area contributed by atoms with Crippen LogP contribution in [0.3, 0.4) is 0 Å². The number of carbonyl (C=O) groups is 1. The van der Waals surface area contributed by atoms with Crippen molar-refractivity contribution in [1.29, 1.82) is 0 Å². The minimum atomic E-state index is -0.413. The van der Waals surface area contributed by atoms with Crippen molar-refractivity contribution in [3.05, 3.63) is 39.7 Å². The van der Waals surface area contributed by atoms with E-state index in [1.807, 2.05) is 4.90 Å². The summed E-state index contributed by atoms with van der Waals surface area (Å²) in [5.41, 5.74) is 1.48. The molecule has 0 atom stereocenters. The zero-order chi connectivity index (χ0) is 16.6. The maximum atomic E-state index is 11.8. The molecule has 0 bridgehead atoms. The molecule has 122 valence electrons. The van der Waals surface area contributed by atoms with Crippen LogP contribution in [-0.2, 0) is 11.3 Å². The third kappa shape index (κ3) is 3.07. The van der Waals surface area contributed by atoms with Gasteiger partial charge in [-0.2, -0.15) is 0 Å². The molecule has 1 saturated heterocycles. The second kappa shape index (κ2) is 6.04. The second-order valence-corrected chi connectivity index (χ2v) is 5.96. The first-order valence-electron chi connectivity index (χ1n) is 7.69. The van der Waals surface area contributed by atoms with Crippen molar-refractivity contribution < 1.29 is 14.3 Å². The van der Waals surface area contributed by atoms with Crippen molar-refractivity contribution in [3.63, 3.8) is 0 Å². The van der Waals surface area contributed by atoms with Gasteiger partial charge in [-0.05, 0) is 24.6 Å². The summed E-state index contributed by atoms with van der Waals surface area (Å²) in [5.74, 6) is 0.217. The Hall–Kier alpha value is -2.34. The van der Waals surface area contributed by atoms with E-state index >= 15 is 0 Å². The summed E-state index contributed by atoms with van der Waals surface area (Å²) in [6.07, 6.45) is 0. The lowest BCUT2D eigenvalue weighted by Gasteiger charge is -2.34. The summed E-state index contributed by atoms with van der Waals surface area (Å²) in [5, 5.41) is 10.6. The molecule has 2 heterocycles. The Bertz CT molecular complexity index is 804. The van der Waals surface area contributed by atoms with Gasteiger partial charge in [-0.25, -0.2) is 4.79 Å². The Kier molecular flexibility index (Phi) is 4.09. The molecule has 3 rings (SSSR count). The number of hydrogen-bond acceptors (Lipinski definition) is 5. The van der Waals surface area contributed by atoms with Crippen LogP contribution in [0.1, 0.15) is 18.1 Å². The summed E-state index contributed by atoms with van der Waals surface area (Å²) in [6, 6.07) is 4.91. The van der Waals surface area contributed by atoms with Gasteiger partial charge in [-0.1, -0.05) is 0 Å². The first kappa shape index (κ1) is 15.6. The van der Waals surface area contributed by atoms with E-state index in [0.29, 0.717) is 30.8 Å². The highest BCUT2D eigenvalue weighted by atomic mass is 16.4. The number of hydrogen-bond donors (Lipinski definition) is 1. The van der Waals surface area contributed by atoms with E-state index < -0.39 is 5.63 Å². The smallest absolute Gasteiger partial charge is 0.336 e. The number of carbonyl (C=O) groups excluding carboxylic acids is 1. The molecule has 1 aromatic heterocycles. The third-order valence-electron chi connectivity index (χ3n) is 4.43. The molecule has 1 aliphatic rings. The number of nitrogens with zero attached hydrogens (tertiary/aromatic N) is 2. The highest BCUT2D eigenvalue weighted by Gasteiger charge is 2.20. The molecule has 0 radical (unpaired) electrons. The monoisotopic (exact) mass is 316 g/mol. The lowest BCUT2D eigenvalue weighted by Crippen LogP contribution is -2.47. The molecule has 1 aliphatic heterocycles. The van der Waals surface area contributed by atoms with Gasteiger partial charge < -0.3 is 14.4 Å². The maximum absolute atomic E-state index is 11.8. The normalized spacial score (nSPS) is 16.0. The quantitative estimate of drug-likeness (QED) is 0.849. The molecule has 1 N–H and O–H groups in total. The fourth-order valence-corrected chi connectivity index (χ4v) is 3.01. The molecule has 0 unspecified atom stereocenters. The minimum absolute atomic E-state index is 0.0987. The highest BCUT2D eigenvalue weighted by Crippen LogP contribution is 2.28. The number of phenols is 1. The van der Waals surface area contributed by atoms with Crippen LogP contribution in [0.15, 0.2) is 27.4 Å². The SMILES string of the molecule is CC(=O)N1CCN(Cc2cc(=O)oc3c(C)c(O)ccc23)CC1. The Labute approximate surface area is 133 Å². The molecular formula is C17H20N2O4. The lowest BCUT2D eigenvalue weighted by atomic mass is 10.1. The summed E-state index contributed by atoms with van der Waals surface area (Å²) < 4.78 is 5.26. The average Bonchev–Trinajstić information content (AvgIpc) is 2.52. The predicted octanol–water partition coefficient (Wildman–Crippen LogP) is 1.47. The van der Waals surface area contributed by atoms with Gasteiger partial charge in [0.2, 0.25) is 5.91 Å². The molecule has 0 spiro atoms. The fourth-order valence-electron chi connectivity index (χ4n) is 3.01. The number of aromatic hydroxyl groups is 1. The highest BCUT2D eigenvalue weighted by molar-refractivity contribution is 5.84. The molecule has 1 aromatic carbocycles. The summed E-state index contributed by atoms with van der Waals surface area (Å²) in [4.78, 5) is 27.3. The van der Waals surface area contributed by atoms with Gasteiger partial charge in [0.25, 0.3) is 0 Å². The Morgan fingerprint density at radius 1 is 1.26 bits per heavy atom. The van der Waals surface area contributed by atoms with Crippen LogP contribution in [0.5, 0.6) is 5.75 Å². The molecule has 2 aromatic rings. The summed E-state index contributed by atoms with van der Waals surface area (Å²) in [7, 11) is 0. The van der Waals surface area contributed by atoms with Gasteiger partial charge in [-0.15, -0.1) is 0 Å². The number of amides is 1. The van der Waals surface area contributed by atoms with Crippen molar-refractivity contribution in [2.75, 3.05) is 26.2 Å². The summed E-state index contributed by atoms with van der Waals surface area (Å²) in [6.45, 7) is 6.90. The molecule has 6 nitrogen and oxygen atoms in total. The zero-order valence-corrected chi connectivity index (χ0v) is 13.3.